The minimum absolute atomic E-state index is 0.0401. The second-order valence-electron chi connectivity index (χ2n) is 6.64. The number of carbonyl (C=O) groups excluding carboxylic acids is 3. The van der Waals surface area contributed by atoms with Gasteiger partial charge in [-0.15, -0.1) is 0 Å². The van der Waals surface area contributed by atoms with Crippen LogP contribution in [0.5, 0.6) is 5.75 Å². The van der Waals surface area contributed by atoms with E-state index in [2.05, 4.69) is 10.6 Å². The van der Waals surface area contributed by atoms with Crippen LogP contribution in [0.25, 0.3) is 6.08 Å². The molecule has 0 saturated carbocycles. The first-order valence-corrected chi connectivity index (χ1v) is 9.47. The van der Waals surface area contributed by atoms with Gasteiger partial charge in [-0.1, -0.05) is 24.3 Å². The minimum Gasteiger partial charge on any atom is -0.488 e. The van der Waals surface area contributed by atoms with E-state index in [9.17, 15) is 14.4 Å². The molecule has 0 aliphatic carbocycles. The van der Waals surface area contributed by atoms with E-state index in [1.807, 2.05) is 24.3 Å². The van der Waals surface area contributed by atoms with E-state index in [-0.39, 0.29) is 30.7 Å². The van der Waals surface area contributed by atoms with Crippen molar-refractivity contribution in [1.29, 1.82) is 0 Å². The van der Waals surface area contributed by atoms with Crippen molar-refractivity contribution in [3.63, 3.8) is 0 Å². The molecule has 0 spiro atoms. The van der Waals surface area contributed by atoms with Crippen LogP contribution in [-0.2, 0) is 19.1 Å². The topological polar surface area (TPSA) is 93.7 Å². The average Bonchev–Trinajstić information content (AvgIpc) is 3.11. The Bertz CT molecular complexity index is 828. The Hall–Kier alpha value is -3.09. The molecule has 7 nitrogen and oxygen atoms in total. The summed E-state index contributed by atoms with van der Waals surface area (Å²) in [5.41, 5.74) is 1.32. The Kier molecular flexibility index (Phi) is 6.47. The monoisotopic (exact) mass is 384 g/mol. The zero-order valence-electron chi connectivity index (χ0n) is 15.8. The molecule has 2 amide bonds. The van der Waals surface area contributed by atoms with Crippen LogP contribution in [0.15, 0.2) is 41.6 Å². The lowest BCUT2D eigenvalue weighted by molar-refractivity contribution is -0.139. The first-order valence-electron chi connectivity index (χ1n) is 9.47. The van der Waals surface area contributed by atoms with Crippen LogP contribution in [-0.4, -0.2) is 37.5 Å². The van der Waals surface area contributed by atoms with Crippen LogP contribution in [0.2, 0.25) is 0 Å². The smallest absolute Gasteiger partial charge is 0.354 e. The molecule has 7 heteroatoms. The molecule has 28 heavy (non-hydrogen) atoms. The van der Waals surface area contributed by atoms with E-state index in [0.29, 0.717) is 25.0 Å². The van der Waals surface area contributed by atoms with Gasteiger partial charge in [-0.3, -0.25) is 9.59 Å². The van der Waals surface area contributed by atoms with Crippen molar-refractivity contribution in [3.8, 4) is 5.75 Å². The molecule has 148 valence electrons. The van der Waals surface area contributed by atoms with Crippen LogP contribution in [0.4, 0.5) is 0 Å². The fraction of sp³-hybridized carbons (Fsp3) is 0.381. The van der Waals surface area contributed by atoms with E-state index in [1.54, 1.807) is 19.1 Å². The molecule has 0 bridgehead atoms. The summed E-state index contributed by atoms with van der Waals surface area (Å²) in [6, 6.07) is 7.42. The number of ether oxygens (including phenoxy) is 2. The van der Waals surface area contributed by atoms with Gasteiger partial charge in [-0.2, -0.15) is 0 Å². The molecule has 1 atom stereocenters. The molecule has 2 aliphatic rings. The van der Waals surface area contributed by atoms with E-state index in [4.69, 9.17) is 9.47 Å². The Morgan fingerprint density at radius 2 is 2.18 bits per heavy atom. The lowest BCUT2D eigenvalue weighted by Gasteiger charge is -2.18. The van der Waals surface area contributed by atoms with Crippen LogP contribution in [0.1, 0.15) is 31.7 Å². The van der Waals surface area contributed by atoms with E-state index < -0.39 is 11.9 Å². The van der Waals surface area contributed by atoms with Gasteiger partial charge in [0.25, 0.3) is 5.91 Å². The minimum atomic E-state index is -0.593. The maximum Gasteiger partial charge on any atom is 0.354 e. The number of esters is 1. The second kappa shape index (κ2) is 9.21. The third-order valence-corrected chi connectivity index (χ3v) is 4.69. The number of para-hydroxylation sites is 1. The number of carbonyl (C=O) groups is 3. The van der Waals surface area contributed by atoms with Gasteiger partial charge in [0.15, 0.2) is 0 Å². The Morgan fingerprint density at radius 3 is 2.93 bits per heavy atom. The molecule has 2 N–H and O–H groups in total. The quantitative estimate of drug-likeness (QED) is 0.554. The van der Waals surface area contributed by atoms with Gasteiger partial charge in [0, 0.05) is 18.0 Å². The molecule has 1 fully saturated rings. The number of amides is 2. The Morgan fingerprint density at radius 1 is 1.36 bits per heavy atom. The third-order valence-electron chi connectivity index (χ3n) is 4.69. The van der Waals surface area contributed by atoms with E-state index in [1.165, 1.54) is 0 Å². The summed E-state index contributed by atoms with van der Waals surface area (Å²) in [7, 11) is 0. The van der Waals surface area contributed by atoms with Crippen LogP contribution >= 0.6 is 0 Å². The lowest BCUT2D eigenvalue weighted by atomic mass is 10.0. The van der Waals surface area contributed by atoms with Crippen molar-refractivity contribution >= 4 is 23.9 Å². The number of hydrogen-bond acceptors (Lipinski definition) is 5. The number of rotatable bonds is 7. The molecular formula is C21H24N2O5. The third kappa shape index (κ3) is 4.79. The van der Waals surface area contributed by atoms with E-state index >= 15 is 0 Å². The SMILES string of the molecule is CCOC(=O)C(=CCC[C@H]1CCNC1=O)NC(=O)C1=Cc2ccccc2OC1. The summed E-state index contributed by atoms with van der Waals surface area (Å²) in [6.07, 6.45) is 5.27. The molecule has 0 radical (unpaired) electrons. The molecule has 3 rings (SSSR count). The standard InChI is InChI=1S/C21H24N2O5/c1-2-27-21(26)17(8-5-7-14-10-11-22-19(14)24)23-20(25)16-12-15-6-3-4-9-18(15)28-13-16/h3-4,6,8-9,12,14H,2,5,7,10-11,13H2,1H3,(H,22,24)(H,23,25)/t14-/m0/s1. The first-order chi connectivity index (χ1) is 13.6. The van der Waals surface area contributed by atoms with Crippen molar-refractivity contribution in [2.45, 2.75) is 26.2 Å². The highest BCUT2D eigenvalue weighted by Crippen LogP contribution is 2.25. The molecule has 0 aromatic heterocycles. The average molecular weight is 384 g/mol. The highest BCUT2D eigenvalue weighted by atomic mass is 16.5. The molecule has 0 unspecified atom stereocenters. The molecule has 1 saturated heterocycles. The molecular weight excluding hydrogens is 360 g/mol. The first kappa shape index (κ1) is 19.7. The Balaban J connectivity index is 1.67. The van der Waals surface area contributed by atoms with Gasteiger partial charge in [-0.25, -0.2) is 4.79 Å². The van der Waals surface area contributed by atoms with Gasteiger partial charge in [0.1, 0.15) is 18.1 Å². The summed E-state index contributed by atoms with van der Waals surface area (Å²) >= 11 is 0. The fourth-order valence-corrected chi connectivity index (χ4v) is 3.19. The number of benzene rings is 1. The normalized spacial score (nSPS) is 18.5. The molecule has 2 heterocycles. The summed E-state index contributed by atoms with van der Waals surface area (Å²) in [5, 5.41) is 5.43. The van der Waals surface area contributed by atoms with E-state index in [0.717, 1.165) is 17.7 Å². The number of allylic oxidation sites excluding steroid dienone is 1. The fourth-order valence-electron chi connectivity index (χ4n) is 3.19. The van der Waals surface area contributed by atoms with Crippen molar-refractivity contribution < 1.29 is 23.9 Å². The maximum atomic E-state index is 12.6. The van der Waals surface area contributed by atoms with Crippen molar-refractivity contribution in [2.75, 3.05) is 19.8 Å². The van der Waals surface area contributed by atoms with Crippen molar-refractivity contribution in [1.82, 2.24) is 10.6 Å². The van der Waals surface area contributed by atoms with Crippen LogP contribution < -0.4 is 15.4 Å². The summed E-state index contributed by atoms with van der Waals surface area (Å²) in [6.45, 7) is 2.72. The van der Waals surface area contributed by atoms with Crippen molar-refractivity contribution in [2.24, 2.45) is 5.92 Å². The van der Waals surface area contributed by atoms with Gasteiger partial charge >= 0.3 is 5.97 Å². The highest BCUT2D eigenvalue weighted by Gasteiger charge is 2.24. The van der Waals surface area contributed by atoms with Crippen molar-refractivity contribution in [3.05, 3.63) is 47.2 Å². The van der Waals surface area contributed by atoms with Crippen LogP contribution in [0, 0.1) is 5.92 Å². The van der Waals surface area contributed by atoms with Gasteiger partial charge in [-0.05, 0) is 38.3 Å². The molecule has 1 aromatic rings. The second-order valence-corrected chi connectivity index (χ2v) is 6.64. The summed E-state index contributed by atoms with van der Waals surface area (Å²) in [5.74, 6) is -0.299. The predicted molar refractivity (Wildman–Crippen MR) is 103 cm³/mol. The van der Waals surface area contributed by atoms with Gasteiger partial charge < -0.3 is 20.1 Å². The zero-order chi connectivity index (χ0) is 19.9. The number of fused-ring (bicyclic) bond motifs is 1. The predicted octanol–water partition coefficient (Wildman–Crippen LogP) is 1.94. The van der Waals surface area contributed by atoms with Gasteiger partial charge in [0.05, 0.1) is 12.2 Å². The summed E-state index contributed by atoms with van der Waals surface area (Å²) < 4.78 is 10.6. The molecule has 1 aromatic carbocycles. The molecule has 2 aliphatic heterocycles. The summed E-state index contributed by atoms with van der Waals surface area (Å²) in [4.78, 5) is 36.5. The lowest BCUT2D eigenvalue weighted by Crippen LogP contribution is -2.32. The van der Waals surface area contributed by atoms with Gasteiger partial charge in [0.2, 0.25) is 5.91 Å². The Labute approximate surface area is 163 Å². The number of hydrogen-bond donors (Lipinski definition) is 2. The zero-order valence-corrected chi connectivity index (χ0v) is 15.8. The van der Waals surface area contributed by atoms with Crippen LogP contribution in [0.3, 0.4) is 0 Å². The highest BCUT2D eigenvalue weighted by molar-refractivity contribution is 6.04. The largest absolute Gasteiger partial charge is 0.488 e. The number of nitrogens with one attached hydrogen (secondary N) is 2. The maximum absolute atomic E-state index is 12.6.